The Morgan fingerprint density at radius 3 is 2.76 bits per heavy atom. The molecule has 0 radical (unpaired) electrons. The van der Waals surface area contributed by atoms with Crippen LogP contribution >= 0.6 is 11.8 Å². The minimum absolute atomic E-state index is 0.241. The van der Waals surface area contributed by atoms with E-state index in [-0.39, 0.29) is 17.2 Å². The molecule has 0 aromatic carbocycles. The molecule has 2 N–H and O–H groups in total. The van der Waals surface area contributed by atoms with Crippen LogP contribution in [-0.4, -0.2) is 31.4 Å². The highest BCUT2D eigenvalue weighted by Gasteiger charge is 2.14. The summed E-state index contributed by atoms with van der Waals surface area (Å²) in [4.78, 5) is 10.9. The lowest BCUT2D eigenvalue weighted by Gasteiger charge is -2.13. The van der Waals surface area contributed by atoms with Crippen molar-refractivity contribution in [1.29, 1.82) is 0 Å². The summed E-state index contributed by atoms with van der Waals surface area (Å²) in [5.74, 6) is 1.29. The van der Waals surface area contributed by atoms with E-state index in [2.05, 4.69) is 15.5 Å². The molecule has 6 nitrogen and oxygen atoms in total. The van der Waals surface area contributed by atoms with Crippen molar-refractivity contribution in [2.45, 2.75) is 50.7 Å². The fraction of sp³-hybridized carbons (Fsp3) is 0.800. The first kappa shape index (κ1) is 14.0. The number of amides is 1. The first-order valence-corrected chi connectivity index (χ1v) is 6.76. The van der Waals surface area contributed by atoms with Gasteiger partial charge in [0.05, 0.1) is 11.8 Å². The van der Waals surface area contributed by atoms with E-state index in [9.17, 15) is 4.79 Å². The van der Waals surface area contributed by atoms with Crippen LogP contribution in [0.1, 0.15) is 45.5 Å². The molecule has 0 fully saturated rings. The number of carbonyl (C=O) groups excluding carboxylic acids is 1. The topological polar surface area (TPSA) is 86.7 Å². The van der Waals surface area contributed by atoms with Crippen molar-refractivity contribution in [2.24, 2.45) is 5.73 Å². The Morgan fingerprint density at radius 1 is 1.53 bits per heavy atom. The standard InChI is InChI=1S/C10H19N5OS/c1-4-8(5-9(11)16)17-6-10-12-13-14-15(10)7(2)3/h7-8H,4-6H2,1-3H3,(H2,11,16). The highest BCUT2D eigenvalue weighted by Crippen LogP contribution is 2.22. The van der Waals surface area contributed by atoms with Gasteiger partial charge in [-0.15, -0.1) is 16.9 Å². The molecule has 0 saturated carbocycles. The van der Waals surface area contributed by atoms with Crippen molar-refractivity contribution in [2.75, 3.05) is 0 Å². The van der Waals surface area contributed by atoms with Gasteiger partial charge in [0, 0.05) is 11.7 Å². The summed E-state index contributed by atoms with van der Waals surface area (Å²) in [6.45, 7) is 6.11. The quantitative estimate of drug-likeness (QED) is 0.791. The molecule has 1 atom stereocenters. The number of carbonyl (C=O) groups is 1. The Bertz CT molecular complexity index is 365. The fourth-order valence-corrected chi connectivity index (χ4v) is 2.54. The van der Waals surface area contributed by atoms with Crippen LogP contribution in [-0.2, 0) is 10.5 Å². The minimum atomic E-state index is -0.257. The number of nitrogens with zero attached hydrogens (tertiary/aromatic N) is 4. The molecule has 0 saturated heterocycles. The SMILES string of the molecule is CCC(CC(N)=O)SCc1nnnn1C(C)C. The van der Waals surface area contributed by atoms with Crippen molar-refractivity contribution in [3.8, 4) is 0 Å². The highest BCUT2D eigenvalue weighted by atomic mass is 32.2. The molecule has 0 bridgehead atoms. The Labute approximate surface area is 105 Å². The average Bonchev–Trinajstić information content (AvgIpc) is 2.71. The number of hydrogen-bond donors (Lipinski definition) is 1. The summed E-state index contributed by atoms with van der Waals surface area (Å²) in [6, 6.07) is 0.247. The fourth-order valence-electron chi connectivity index (χ4n) is 1.45. The van der Waals surface area contributed by atoms with E-state index < -0.39 is 0 Å². The number of aromatic nitrogens is 4. The first-order chi connectivity index (χ1) is 8.04. The average molecular weight is 257 g/mol. The number of hydrogen-bond acceptors (Lipinski definition) is 5. The monoisotopic (exact) mass is 257 g/mol. The van der Waals surface area contributed by atoms with Crippen molar-refractivity contribution in [3.05, 3.63) is 5.82 Å². The maximum absolute atomic E-state index is 10.9. The van der Waals surface area contributed by atoms with Gasteiger partial charge in [0.25, 0.3) is 0 Å². The molecule has 7 heteroatoms. The lowest BCUT2D eigenvalue weighted by Crippen LogP contribution is -2.18. The van der Waals surface area contributed by atoms with E-state index in [0.717, 1.165) is 12.2 Å². The third-order valence-corrected chi connectivity index (χ3v) is 3.78. The number of rotatable bonds is 7. The zero-order chi connectivity index (χ0) is 12.8. The van der Waals surface area contributed by atoms with E-state index in [1.807, 2.05) is 20.8 Å². The van der Waals surface area contributed by atoms with Crippen LogP contribution in [0, 0.1) is 0 Å². The predicted molar refractivity (Wildman–Crippen MR) is 67.4 cm³/mol. The van der Waals surface area contributed by atoms with Gasteiger partial charge in [0.15, 0.2) is 5.82 Å². The summed E-state index contributed by atoms with van der Waals surface area (Å²) < 4.78 is 1.80. The van der Waals surface area contributed by atoms with E-state index >= 15 is 0 Å². The zero-order valence-corrected chi connectivity index (χ0v) is 11.3. The second-order valence-corrected chi connectivity index (χ2v) is 5.43. The smallest absolute Gasteiger partial charge is 0.218 e. The summed E-state index contributed by atoms with van der Waals surface area (Å²) in [5, 5.41) is 11.8. The third kappa shape index (κ3) is 4.33. The molecule has 0 aliphatic heterocycles. The Kier molecular flexibility index (Phi) is 5.40. The minimum Gasteiger partial charge on any atom is -0.370 e. The summed E-state index contributed by atoms with van der Waals surface area (Å²) in [7, 11) is 0. The molecule has 96 valence electrons. The van der Waals surface area contributed by atoms with Crippen molar-refractivity contribution in [1.82, 2.24) is 20.2 Å². The van der Waals surface area contributed by atoms with Gasteiger partial charge in [-0.05, 0) is 30.7 Å². The van der Waals surface area contributed by atoms with Crippen LogP contribution in [0.4, 0.5) is 0 Å². The van der Waals surface area contributed by atoms with Crippen LogP contribution in [0.15, 0.2) is 0 Å². The van der Waals surface area contributed by atoms with Gasteiger partial charge in [-0.25, -0.2) is 4.68 Å². The number of primary amides is 1. The van der Waals surface area contributed by atoms with E-state index in [0.29, 0.717) is 12.2 Å². The predicted octanol–water partition coefficient (Wildman–Crippen LogP) is 1.14. The van der Waals surface area contributed by atoms with Crippen LogP contribution in [0.3, 0.4) is 0 Å². The largest absolute Gasteiger partial charge is 0.370 e. The first-order valence-electron chi connectivity index (χ1n) is 5.71. The van der Waals surface area contributed by atoms with E-state index in [1.54, 1.807) is 16.4 Å². The van der Waals surface area contributed by atoms with Gasteiger partial charge in [-0.3, -0.25) is 4.79 Å². The van der Waals surface area contributed by atoms with Gasteiger partial charge in [-0.2, -0.15) is 0 Å². The van der Waals surface area contributed by atoms with Crippen molar-refractivity contribution < 1.29 is 4.79 Å². The van der Waals surface area contributed by atoms with Gasteiger partial charge >= 0.3 is 0 Å². The summed E-state index contributed by atoms with van der Waals surface area (Å²) >= 11 is 1.67. The van der Waals surface area contributed by atoms with Gasteiger partial charge in [0.1, 0.15) is 0 Å². The van der Waals surface area contributed by atoms with Gasteiger partial charge in [-0.1, -0.05) is 6.92 Å². The lowest BCUT2D eigenvalue weighted by molar-refractivity contribution is -0.118. The second kappa shape index (κ2) is 6.58. The van der Waals surface area contributed by atoms with Crippen molar-refractivity contribution in [3.63, 3.8) is 0 Å². The zero-order valence-electron chi connectivity index (χ0n) is 10.5. The molecule has 0 spiro atoms. The molecular formula is C10H19N5OS. The molecule has 1 unspecified atom stereocenters. The number of nitrogens with two attached hydrogens (primary N) is 1. The molecule has 1 rings (SSSR count). The molecule has 1 aromatic heterocycles. The molecule has 1 aromatic rings. The maximum Gasteiger partial charge on any atom is 0.218 e. The van der Waals surface area contributed by atoms with Gasteiger partial charge in [0.2, 0.25) is 5.91 Å². The molecule has 17 heavy (non-hydrogen) atoms. The molecule has 1 amide bonds. The van der Waals surface area contributed by atoms with Gasteiger partial charge < -0.3 is 5.73 Å². The number of tetrazole rings is 1. The third-order valence-electron chi connectivity index (χ3n) is 2.38. The van der Waals surface area contributed by atoms with E-state index in [1.165, 1.54) is 0 Å². The normalized spacial score (nSPS) is 12.9. The number of thioether (sulfide) groups is 1. The van der Waals surface area contributed by atoms with Crippen LogP contribution in [0.25, 0.3) is 0 Å². The van der Waals surface area contributed by atoms with Crippen LogP contribution in [0.5, 0.6) is 0 Å². The summed E-state index contributed by atoms with van der Waals surface area (Å²) in [6.07, 6.45) is 1.32. The van der Waals surface area contributed by atoms with Crippen molar-refractivity contribution >= 4 is 17.7 Å². The molecule has 0 aliphatic rings. The Hall–Kier alpha value is -1.11. The molecule has 1 heterocycles. The second-order valence-electron chi connectivity index (χ2n) is 4.15. The maximum atomic E-state index is 10.9. The highest BCUT2D eigenvalue weighted by molar-refractivity contribution is 7.99. The van der Waals surface area contributed by atoms with Crippen LogP contribution in [0.2, 0.25) is 0 Å². The van der Waals surface area contributed by atoms with Crippen LogP contribution < -0.4 is 5.73 Å². The molecular weight excluding hydrogens is 238 g/mol. The summed E-state index contributed by atoms with van der Waals surface area (Å²) in [5.41, 5.74) is 5.20. The Morgan fingerprint density at radius 2 is 2.24 bits per heavy atom. The Balaban J connectivity index is 2.53. The lowest BCUT2D eigenvalue weighted by atomic mass is 10.2. The molecule has 0 aliphatic carbocycles. The van der Waals surface area contributed by atoms with E-state index in [4.69, 9.17) is 5.73 Å².